The van der Waals surface area contributed by atoms with Gasteiger partial charge in [0.1, 0.15) is 11.6 Å². The van der Waals surface area contributed by atoms with Crippen LogP contribution in [0.15, 0.2) is 48.5 Å². The van der Waals surface area contributed by atoms with Crippen LogP contribution in [0.2, 0.25) is 0 Å². The molecule has 2 aromatic carbocycles. The van der Waals surface area contributed by atoms with Crippen LogP contribution in [0.5, 0.6) is 0 Å². The predicted molar refractivity (Wildman–Crippen MR) is 96.4 cm³/mol. The van der Waals surface area contributed by atoms with Crippen LogP contribution in [0.4, 0.5) is 8.78 Å². The van der Waals surface area contributed by atoms with Crippen LogP contribution in [0.1, 0.15) is 34.6 Å². The summed E-state index contributed by atoms with van der Waals surface area (Å²) in [5.41, 5.74) is -0.340. The Balaban J connectivity index is 1.77. The van der Waals surface area contributed by atoms with E-state index in [2.05, 4.69) is 10.6 Å². The first kappa shape index (κ1) is 19.9. The van der Waals surface area contributed by atoms with Crippen LogP contribution in [-0.2, 0) is 9.47 Å². The van der Waals surface area contributed by atoms with Crippen molar-refractivity contribution in [2.45, 2.75) is 38.5 Å². The molecule has 0 aromatic heterocycles. The second kappa shape index (κ2) is 8.45. The molecule has 4 atom stereocenters. The molecule has 0 spiro atoms. The third kappa shape index (κ3) is 4.35. The summed E-state index contributed by atoms with van der Waals surface area (Å²) in [4.78, 5) is 24.8. The highest BCUT2D eigenvalue weighted by Gasteiger charge is 2.37. The van der Waals surface area contributed by atoms with Crippen molar-refractivity contribution in [3.63, 3.8) is 0 Å². The molecule has 0 radical (unpaired) electrons. The molecule has 1 fully saturated rings. The molecule has 2 amide bonds. The van der Waals surface area contributed by atoms with E-state index < -0.39 is 48.1 Å². The molecule has 28 heavy (non-hydrogen) atoms. The fourth-order valence-electron chi connectivity index (χ4n) is 2.75. The Hall–Kier alpha value is -2.84. The summed E-state index contributed by atoms with van der Waals surface area (Å²) in [5, 5.41) is 5.03. The van der Waals surface area contributed by atoms with Crippen LogP contribution < -0.4 is 10.6 Å². The third-order valence-electron chi connectivity index (χ3n) is 4.44. The first-order valence-electron chi connectivity index (χ1n) is 8.78. The van der Waals surface area contributed by atoms with Crippen LogP contribution in [-0.4, -0.2) is 36.5 Å². The van der Waals surface area contributed by atoms with Crippen molar-refractivity contribution < 1.29 is 27.8 Å². The van der Waals surface area contributed by atoms with Gasteiger partial charge < -0.3 is 20.1 Å². The van der Waals surface area contributed by atoms with Gasteiger partial charge in [0.2, 0.25) is 0 Å². The lowest BCUT2D eigenvalue weighted by molar-refractivity contribution is -0.220. The number of ether oxygens (including phenoxy) is 2. The van der Waals surface area contributed by atoms with Gasteiger partial charge in [0.25, 0.3) is 11.8 Å². The smallest absolute Gasteiger partial charge is 0.256 e. The molecule has 148 valence electrons. The van der Waals surface area contributed by atoms with Crippen LogP contribution in [0.25, 0.3) is 0 Å². The molecule has 1 aliphatic heterocycles. The second-order valence-electron chi connectivity index (χ2n) is 6.43. The van der Waals surface area contributed by atoms with Gasteiger partial charge in [0.05, 0.1) is 23.3 Å². The van der Waals surface area contributed by atoms with Gasteiger partial charge in [-0.25, -0.2) is 8.78 Å². The predicted octanol–water partition coefficient (Wildman–Crippen LogP) is 2.60. The Bertz CT molecular complexity index is 805. The number of rotatable bonds is 4. The van der Waals surface area contributed by atoms with Crippen molar-refractivity contribution in [3.05, 3.63) is 71.3 Å². The van der Waals surface area contributed by atoms with Crippen molar-refractivity contribution in [2.24, 2.45) is 0 Å². The van der Waals surface area contributed by atoms with E-state index in [0.717, 1.165) is 12.1 Å². The topological polar surface area (TPSA) is 76.7 Å². The molecule has 0 unspecified atom stereocenters. The monoisotopic (exact) mass is 390 g/mol. The molecule has 0 aliphatic carbocycles. The average molecular weight is 390 g/mol. The first-order chi connectivity index (χ1) is 13.4. The van der Waals surface area contributed by atoms with Crippen molar-refractivity contribution in [2.75, 3.05) is 0 Å². The zero-order chi connectivity index (χ0) is 20.3. The normalized spacial score (nSPS) is 24.4. The fourth-order valence-corrected chi connectivity index (χ4v) is 2.75. The summed E-state index contributed by atoms with van der Waals surface area (Å²) in [6.07, 6.45) is -2.97. The Morgan fingerprint density at radius 2 is 1.11 bits per heavy atom. The minimum Gasteiger partial charge on any atom is -0.348 e. The number of hydrogen-bond acceptors (Lipinski definition) is 4. The number of carbonyl (C=O) groups is 2. The first-order valence-corrected chi connectivity index (χ1v) is 8.78. The molecule has 2 aromatic rings. The zero-order valence-corrected chi connectivity index (χ0v) is 15.3. The maximum absolute atomic E-state index is 13.9. The molecule has 0 bridgehead atoms. The van der Waals surface area contributed by atoms with Crippen molar-refractivity contribution >= 4 is 11.8 Å². The van der Waals surface area contributed by atoms with E-state index in [-0.39, 0.29) is 11.1 Å². The zero-order valence-electron chi connectivity index (χ0n) is 15.3. The van der Waals surface area contributed by atoms with Gasteiger partial charge >= 0.3 is 0 Å². The highest BCUT2D eigenvalue weighted by atomic mass is 19.1. The largest absolute Gasteiger partial charge is 0.348 e. The lowest BCUT2D eigenvalue weighted by atomic mass is 10.1. The van der Waals surface area contributed by atoms with Crippen molar-refractivity contribution in [1.82, 2.24) is 10.6 Å². The minimum absolute atomic E-state index is 0.170. The Morgan fingerprint density at radius 3 is 1.46 bits per heavy atom. The van der Waals surface area contributed by atoms with E-state index >= 15 is 0 Å². The maximum atomic E-state index is 13.9. The van der Waals surface area contributed by atoms with E-state index in [9.17, 15) is 18.4 Å². The van der Waals surface area contributed by atoms with Gasteiger partial charge in [-0.15, -0.1) is 0 Å². The molecule has 8 heteroatoms. The SMILES string of the molecule is C[C@@H]1O[C@@H](NC(=O)c2ccccc2F)[C@@H](NC(=O)c2ccccc2F)O[C@@H]1C. The van der Waals surface area contributed by atoms with E-state index in [4.69, 9.17) is 9.47 Å². The third-order valence-corrected chi connectivity index (χ3v) is 4.44. The molecule has 3 rings (SSSR count). The highest BCUT2D eigenvalue weighted by molar-refractivity contribution is 5.95. The number of hydrogen-bond donors (Lipinski definition) is 2. The van der Waals surface area contributed by atoms with Gasteiger partial charge in [-0.2, -0.15) is 0 Å². The van der Waals surface area contributed by atoms with Crippen LogP contribution in [0, 0.1) is 11.6 Å². The fraction of sp³-hybridized carbons (Fsp3) is 0.300. The summed E-state index contributed by atoms with van der Waals surface area (Å²) in [6, 6.07) is 11.0. The second-order valence-corrected chi connectivity index (χ2v) is 6.43. The summed E-state index contributed by atoms with van der Waals surface area (Å²) >= 11 is 0. The number of carbonyl (C=O) groups excluding carboxylic acids is 2. The van der Waals surface area contributed by atoms with Gasteiger partial charge in [-0.1, -0.05) is 24.3 Å². The summed E-state index contributed by atoms with van der Waals surface area (Å²) in [5.74, 6) is -2.83. The van der Waals surface area contributed by atoms with Gasteiger partial charge in [-0.05, 0) is 38.1 Å². The van der Waals surface area contributed by atoms with E-state index in [1.807, 2.05) is 0 Å². The standard InChI is InChI=1S/C20H20F2N2O4/c1-11-12(2)28-20(24-18(26)14-8-4-6-10-16(14)22)19(27-11)23-17(25)13-7-3-5-9-15(13)21/h3-12,19-20H,1-2H3,(H,23,25)(H,24,26)/t11-,12+,19+,20-. The van der Waals surface area contributed by atoms with Gasteiger partial charge in [0, 0.05) is 0 Å². The average Bonchev–Trinajstić information content (AvgIpc) is 2.66. The van der Waals surface area contributed by atoms with Crippen molar-refractivity contribution in [3.8, 4) is 0 Å². The van der Waals surface area contributed by atoms with Gasteiger partial charge in [0.15, 0.2) is 12.5 Å². The summed E-state index contributed by atoms with van der Waals surface area (Å²) in [6.45, 7) is 3.48. The molecule has 2 N–H and O–H groups in total. The highest BCUT2D eigenvalue weighted by Crippen LogP contribution is 2.19. The molecule has 6 nitrogen and oxygen atoms in total. The Morgan fingerprint density at radius 1 is 0.750 bits per heavy atom. The number of nitrogens with one attached hydrogen (secondary N) is 2. The van der Waals surface area contributed by atoms with Crippen LogP contribution >= 0.6 is 0 Å². The molecular weight excluding hydrogens is 370 g/mol. The van der Waals surface area contributed by atoms with Crippen molar-refractivity contribution in [1.29, 1.82) is 0 Å². The molecular formula is C20H20F2N2O4. The number of amides is 2. The summed E-state index contributed by atoms with van der Waals surface area (Å²) < 4.78 is 39.2. The lowest BCUT2D eigenvalue weighted by Gasteiger charge is -2.39. The minimum atomic E-state index is -1.09. The maximum Gasteiger partial charge on any atom is 0.256 e. The lowest BCUT2D eigenvalue weighted by Crippen LogP contribution is -2.61. The molecule has 1 saturated heterocycles. The van der Waals surface area contributed by atoms with Gasteiger partial charge in [-0.3, -0.25) is 9.59 Å². The quantitative estimate of drug-likeness (QED) is 0.842. The van der Waals surface area contributed by atoms with E-state index in [0.29, 0.717) is 0 Å². The van der Waals surface area contributed by atoms with Crippen LogP contribution in [0.3, 0.4) is 0 Å². The van der Waals surface area contributed by atoms with E-state index in [1.165, 1.54) is 36.4 Å². The summed E-state index contributed by atoms with van der Waals surface area (Å²) in [7, 11) is 0. The Labute approximate surface area is 160 Å². The molecule has 1 heterocycles. The Kier molecular flexibility index (Phi) is 6.01. The number of halogens is 2. The molecule has 1 aliphatic rings. The number of benzene rings is 2. The van der Waals surface area contributed by atoms with E-state index in [1.54, 1.807) is 13.8 Å². The molecule has 0 saturated carbocycles.